The van der Waals surface area contributed by atoms with Crippen LogP contribution in [-0.2, 0) is 0 Å². The van der Waals surface area contributed by atoms with E-state index in [0.29, 0.717) is 5.84 Å². The van der Waals surface area contributed by atoms with Crippen LogP contribution in [0.4, 0.5) is 0 Å². The molecule has 0 aliphatic heterocycles. The minimum atomic E-state index is 0.201. The summed E-state index contributed by atoms with van der Waals surface area (Å²) in [5.74, 6) is 6.11. The molecule has 0 spiro atoms. The highest BCUT2D eigenvalue weighted by molar-refractivity contribution is 6.31. The Morgan fingerprint density at radius 2 is 2.13 bits per heavy atom. The number of nitrogens with zero attached hydrogens (tertiary/aromatic N) is 1. The van der Waals surface area contributed by atoms with Crippen LogP contribution in [0.1, 0.15) is 25.0 Å². The fraction of sp³-hybridized carbons (Fsp3) is 0.364. The molecule has 0 aliphatic rings. The highest BCUT2D eigenvalue weighted by Crippen LogP contribution is 2.16. The van der Waals surface area contributed by atoms with Gasteiger partial charge in [-0.15, -0.1) is 0 Å². The standard InChI is InChI=1S/C11H16ClN3/c1-7(2)14-11(15-13)9-4-5-10(12)8(3)6-9/h4-7H,13H2,1-3H3,(H,14,15). The second-order valence-electron chi connectivity index (χ2n) is 3.68. The maximum Gasteiger partial charge on any atom is 0.142 e. The van der Waals surface area contributed by atoms with Gasteiger partial charge in [0, 0.05) is 16.6 Å². The zero-order chi connectivity index (χ0) is 11.4. The topological polar surface area (TPSA) is 50.4 Å². The van der Waals surface area contributed by atoms with Gasteiger partial charge in [0.1, 0.15) is 5.84 Å². The smallest absolute Gasteiger partial charge is 0.142 e. The first-order chi connectivity index (χ1) is 7.04. The largest absolute Gasteiger partial charge is 0.308 e. The van der Waals surface area contributed by atoms with E-state index in [1.54, 1.807) is 0 Å². The molecule has 0 radical (unpaired) electrons. The summed E-state index contributed by atoms with van der Waals surface area (Å²) >= 11 is 5.94. The normalized spacial score (nSPS) is 12.0. The fourth-order valence-electron chi connectivity index (χ4n) is 1.25. The van der Waals surface area contributed by atoms with Gasteiger partial charge >= 0.3 is 0 Å². The molecule has 1 rings (SSSR count). The maximum absolute atomic E-state index is 5.94. The highest BCUT2D eigenvalue weighted by atomic mass is 35.5. The monoisotopic (exact) mass is 225 g/mol. The van der Waals surface area contributed by atoms with Crippen molar-refractivity contribution in [1.29, 1.82) is 0 Å². The van der Waals surface area contributed by atoms with Crippen LogP contribution in [0, 0.1) is 6.92 Å². The maximum atomic E-state index is 5.94. The van der Waals surface area contributed by atoms with Crippen LogP contribution in [0.2, 0.25) is 5.02 Å². The number of aryl methyl sites for hydroxylation is 1. The molecular weight excluding hydrogens is 210 g/mol. The third-order valence-electron chi connectivity index (χ3n) is 1.96. The van der Waals surface area contributed by atoms with Crippen molar-refractivity contribution in [3.8, 4) is 0 Å². The lowest BCUT2D eigenvalue weighted by Gasteiger charge is -2.09. The lowest BCUT2D eigenvalue weighted by Crippen LogP contribution is -2.32. The van der Waals surface area contributed by atoms with Crippen molar-refractivity contribution in [2.75, 3.05) is 0 Å². The molecule has 4 heteroatoms. The molecule has 0 aromatic heterocycles. The number of nitrogens with one attached hydrogen (secondary N) is 1. The summed E-state index contributed by atoms with van der Waals surface area (Å²) in [4.78, 5) is 4.37. The molecule has 15 heavy (non-hydrogen) atoms. The summed E-state index contributed by atoms with van der Waals surface area (Å²) in [5.41, 5.74) is 4.57. The molecule has 3 nitrogen and oxygen atoms in total. The Bertz CT molecular complexity index is 372. The van der Waals surface area contributed by atoms with Crippen molar-refractivity contribution in [3.63, 3.8) is 0 Å². The van der Waals surface area contributed by atoms with Crippen LogP contribution in [0.3, 0.4) is 0 Å². The third kappa shape index (κ3) is 3.22. The van der Waals surface area contributed by atoms with Crippen LogP contribution >= 0.6 is 11.6 Å². The van der Waals surface area contributed by atoms with Crippen LogP contribution in [0.15, 0.2) is 23.2 Å². The SMILES string of the molecule is Cc1cc(C(=NC(C)C)NN)ccc1Cl. The predicted octanol–water partition coefficient (Wildman–Crippen LogP) is 2.27. The number of halogens is 1. The molecule has 0 bridgehead atoms. The third-order valence-corrected chi connectivity index (χ3v) is 2.38. The second-order valence-corrected chi connectivity index (χ2v) is 4.09. The number of rotatable bonds is 2. The molecule has 82 valence electrons. The lowest BCUT2D eigenvalue weighted by molar-refractivity contribution is 0.820. The zero-order valence-electron chi connectivity index (χ0n) is 9.21. The number of benzene rings is 1. The van der Waals surface area contributed by atoms with E-state index in [2.05, 4.69) is 10.4 Å². The van der Waals surface area contributed by atoms with Crippen molar-refractivity contribution in [2.45, 2.75) is 26.8 Å². The zero-order valence-corrected chi connectivity index (χ0v) is 9.97. The first-order valence-corrected chi connectivity index (χ1v) is 5.23. The quantitative estimate of drug-likeness (QED) is 0.351. The number of hydrazine groups is 1. The van der Waals surface area contributed by atoms with E-state index < -0.39 is 0 Å². The minimum absolute atomic E-state index is 0.201. The molecule has 0 saturated carbocycles. The molecule has 0 heterocycles. The Kier molecular flexibility index (Phi) is 4.12. The van der Waals surface area contributed by atoms with Crippen molar-refractivity contribution in [2.24, 2.45) is 10.8 Å². The van der Waals surface area contributed by atoms with Gasteiger partial charge < -0.3 is 5.43 Å². The Morgan fingerprint density at radius 3 is 2.60 bits per heavy atom. The Hall–Kier alpha value is -1.06. The van der Waals surface area contributed by atoms with Crippen molar-refractivity contribution in [3.05, 3.63) is 34.3 Å². The van der Waals surface area contributed by atoms with Gasteiger partial charge in [-0.05, 0) is 44.5 Å². The fourth-order valence-corrected chi connectivity index (χ4v) is 1.36. The van der Waals surface area contributed by atoms with Gasteiger partial charge in [0.2, 0.25) is 0 Å². The van der Waals surface area contributed by atoms with E-state index in [9.17, 15) is 0 Å². The first-order valence-electron chi connectivity index (χ1n) is 4.85. The average molecular weight is 226 g/mol. The molecule has 1 aromatic carbocycles. The van der Waals surface area contributed by atoms with Gasteiger partial charge in [0.15, 0.2) is 0 Å². The molecule has 0 unspecified atom stereocenters. The molecule has 1 aromatic rings. The van der Waals surface area contributed by atoms with Crippen LogP contribution in [0.5, 0.6) is 0 Å². The number of nitrogens with two attached hydrogens (primary N) is 1. The summed E-state index contributed by atoms with van der Waals surface area (Å²) in [7, 11) is 0. The Balaban J connectivity index is 3.08. The van der Waals surface area contributed by atoms with Crippen molar-refractivity contribution in [1.82, 2.24) is 5.43 Å². The first kappa shape index (κ1) is 12.0. The van der Waals surface area contributed by atoms with Gasteiger partial charge in [0.05, 0.1) is 0 Å². The number of hydrogen-bond donors (Lipinski definition) is 2. The van der Waals surface area contributed by atoms with E-state index in [1.807, 2.05) is 39.0 Å². The van der Waals surface area contributed by atoms with E-state index in [1.165, 1.54) is 0 Å². The molecule has 0 saturated heterocycles. The predicted molar refractivity (Wildman–Crippen MR) is 65.2 cm³/mol. The average Bonchev–Trinajstić information content (AvgIpc) is 2.18. The summed E-state index contributed by atoms with van der Waals surface area (Å²) in [5, 5.41) is 0.750. The van der Waals surface area contributed by atoms with Gasteiger partial charge in [-0.1, -0.05) is 11.6 Å². The second kappa shape index (κ2) is 5.14. The molecular formula is C11H16ClN3. The minimum Gasteiger partial charge on any atom is -0.308 e. The Labute approximate surface area is 95.3 Å². The van der Waals surface area contributed by atoms with E-state index >= 15 is 0 Å². The van der Waals surface area contributed by atoms with Gasteiger partial charge in [0.25, 0.3) is 0 Å². The number of hydrogen-bond acceptors (Lipinski definition) is 2. The highest BCUT2D eigenvalue weighted by Gasteiger charge is 2.04. The molecule has 0 atom stereocenters. The summed E-state index contributed by atoms with van der Waals surface area (Å²) in [6.07, 6.45) is 0. The van der Waals surface area contributed by atoms with Gasteiger partial charge in [-0.2, -0.15) is 0 Å². The van der Waals surface area contributed by atoms with Crippen molar-refractivity contribution < 1.29 is 0 Å². The molecule has 0 fully saturated rings. The number of amidine groups is 1. The van der Waals surface area contributed by atoms with E-state index in [-0.39, 0.29) is 6.04 Å². The summed E-state index contributed by atoms with van der Waals surface area (Å²) < 4.78 is 0. The van der Waals surface area contributed by atoms with Gasteiger partial charge in [-0.3, -0.25) is 4.99 Å². The molecule has 3 N–H and O–H groups in total. The molecule has 0 amide bonds. The van der Waals surface area contributed by atoms with Crippen LogP contribution < -0.4 is 11.3 Å². The number of aliphatic imine (C=N–C) groups is 1. The lowest BCUT2D eigenvalue weighted by atomic mass is 10.1. The van der Waals surface area contributed by atoms with Crippen LogP contribution in [0.25, 0.3) is 0 Å². The van der Waals surface area contributed by atoms with Crippen molar-refractivity contribution >= 4 is 17.4 Å². The van der Waals surface area contributed by atoms with E-state index in [0.717, 1.165) is 16.1 Å². The van der Waals surface area contributed by atoms with E-state index in [4.69, 9.17) is 17.4 Å². The van der Waals surface area contributed by atoms with Gasteiger partial charge in [-0.25, -0.2) is 5.84 Å². The van der Waals surface area contributed by atoms with Crippen LogP contribution in [-0.4, -0.2) is 11.9 Å². The Morgan fingerprint density at radius 1 is 1.47 bits per heavy atom. The molecule has 0 aliphatic carbocycles. The summed E-state index contributed by atoms with van der Waals surface area (Å²) in [6.45, 7) is 5.95. The summed E-state index contributed by atoms with van der Waals surface area (Å²) in [6, 6.07) is 5.91.